The fourth-order valence-electron chi connectivity index (χ4n) is 0.736. The molecule has 1 aromatic heterocycles. The van der Waals surface area contributed by atoms with E-state index in [1.54, 1.807) is 0 Å². The zero-order chi connectivity index (χ0) is 10.0. The van der Waals surface area contributed by atoms with Crippen LogP contribution < -0.4 is 5.11 Å². The number of carbonyl (C=O) groups is 1. The molecule has 0 spiro atoms. The van der Waals surface area contributed by atoms with Gasteiger partial charge in [0.2, 0.25) is 0 Å². The van der Waals surface area contributed by atoms with E-state index >= 15 is 0 Å². The molecule has 0 bridgehead atoms. The molecule has 0 aliphatic carbocycles. The van der Waals surface area contributed by atoms with E-state index in [0.717, 1.165) is 12.3 Å². The van der Waals surface area contributed by atoms with E-state index in [1.165, 1.54) is 0 Å². The van der Waals surface area contributed by atoms with Crippen molar-refractivity contribution in [3.05, 3.63) is 27.9 Å². The van der Waals surface area contributed by atoms with E-state index in [4.69, 9.17) is 5.11 Å². The van der Waals surface area contributed by atoms with Crippen molar-refractivity contribution in [2.45, 2.75) is 0 Å². The Labute approximate surface area is 71.4 Å². The van der Waals surface area contributed by atoms with E-state index in [9.17, 15) is 20.0 Å². The molecule has 7 heteroatoms. The third-order valence-corrected chi connectivity index (χ3v) is 1.29. The monoisotopic (exact) mass is 183 g/mol. The third kappa shape index (κ3) is 1.53. The minimum atomic E-state index is -1.50. The lowest BCUT2D eigenvalue weighted by Gasteiger charge is -2.07. The van der Waals surface area contributed by atoms with Gasteiger partial charge < -0.3 is 20.3 Å². The van der Waals surface area contributed by atoms with Crippen LogP contribution in [0.25, 0.3) is 0 Å². The number of nitrogens with zero attached hydrogens (tertiary/aromatic N) is 2. The predicted octanol–water partition coefficient (Wildman–Crippen LogP) is -0.238. The zero-order valence-electron chi connectivity index (χ0n) is 6.13. The molecule has 7 nitrogen and oxygen atoms in total. The van der Waals surface area contributed by atoms with Gasteiger partial charge in [-0.1, -0.05) is 0 Å². The first-order chi connectivity index (χ1) is 6.04. The summed E-state index contributed by atoms with van der Waals surface area (Å²) in [6.45, 7) is 0. The van der Waals surface area contributed by atoms with Crippen LogP contribution in [-0.2, 0) is 0 Å². The summed E-state index contributed by atoms with van der Waals surface area (Å²) in [6, 6.07) is 0.914. The third-order valence-electron chi connectivity index (χ3n) is 1.29. The van der Waals surface area contributed by atoms with Crippen LogP contribution in [0.1, 0.15) is 10.4 Å². The molecule has 68 valence electrons. The second kappa shape index (κ2) is 3.05. The first-order valence-electron chi connectivity index (χ1n) is 3.07. The quantitative estimate of drug-likeness (QED) is 0.499. The summed E-state index contributed by atoms with van der Waals surface area (Å²) in [5.74, 6) is -3.66. The van der Waals surface area contributed by atoms with Crippen LogP contribution in [0.2, 0.25) is 0 Å². The largest absolute Gasteiger partial charge is 0.866 e. The number of carboxylic acids is 1. The first-order valence-corrected chi connectivity index (χ1v) is 3.07. The summed E-state index contributed by atoms with van der Waals surface area (Å²) in [6.07, 6.45) is 0.906. The zero-order valence-corrected chi connectivity index (χ0v) is 6.13. The van der Waals surface area contributed by atoms with Crippen molar-refractivity contribution < 1.29 is 19.9 Å². The van der Waals surface area contributed by atoms with Crippen LogP contribution in [0.3, 0.4) is 0 Å². The number of carboxylic acid groups (broad SMARTS) is 1. The molecule has 0 saturated heterocycles. The molecule has 0 atom stereocenters. The molecule has 0 amide bonds. The Kier molecular flexibility index (Phi) is 2.09. The van der Waals surface area contributed by atoms with Gasteiger partial charge >= 0.3 is 11.8 Å². The maximum absolute atomic E-state index is 11.0. The number of nitro groups is 1. The van der Waals surface area contributed by atoms with Gasteiger partial charge in [-0.15, -0.1) is 0 Å². The summed E-state index contributed by atoms with van der Waals surface area (Å²) in [7, 11) is 0. The van der Waals surface area contributed by atoms with Crippen molar-refractivity contribution in [2.24, 2.45) is 0 Å². The van der Waals surface area contributed by atoms with Crippen LogP contribution in [0.15, 0.2) is 12.3 Å². The van der Waals surface area contributed by atoms with Crippen LogP contribution in [-0.4, -0.2) is 21.0 Å². The van der Waals surface area contributed by atoms with Gasteiger partial charge in [-0.05, 0) is 16.0 Å². The Morgan fingerprint density at radius 2 is 2.23 bits per heavy atom. The molecule has 0 aliphatic heterocycles. The summed E-state index contributed by atoms with van der Waals surface area (Å²) in [5, 5.41) is 29.5. The molecule has 0 aromatic carbocycles. The molecule has 1 N–H and O–H groups in total. The molecular weight excluding hydrogens is 180 g/mol. The van der Waals surface area contributed by atoms with Gasteiger partial charge in [0.25, 0.3) is 0 Å². The number of aromatic nitrogens is 1. The summed E-state index contributed by atoms with van der Waals surface area (Å²) in [5.41, 5.74) is -0.651. The van der Waals surface area contributed by atoms with Gasteiger partial charge in [0.1, 0.15) is 6.20 Å². The minimum absolute atomic E-state index is 0.651. The Morgan fingerprint density at radius 1 is 1.62 bits per heavy atom. The maximum Gasteiger partial charge on any atom is 0.356 e. The van der Waals surface area contributed by atoms with Gasteiger partial charge in [-0.2, -0.15) is 0 Å². The summed E-state index contributed by atoms with van der Waals surface area (Å²) >= 11 is 0. The van der Waals surface area contributed by atoms with E-state index in [-0.39, 0.29) is 0 Å². The second-order valence-corrected chi connectivity index (χ2v) is 2.07. The fourth-order valence-corrected chi connectivity index (χ4v) is 0.736. The first kappa shape index (κ1) is 8.91. The molecule has 0 saturated carbocycles. The summed E-state index contributed by atoms with van der Waals surface area (Å²) in [4.78, 5) is 22.6. The molecule has 1 rings (SSSR count). The highest BCUT2D eigenvalue weighted by atomic mass is 16.6. The van der Waals surface area contributed by atoms with Gasteiger partial charge in [-0.25, -0.2) is 4.79 Å². The van der Waals surface area contributed by atoms with Crippen molar-refractivity contribution in [3.63, 3.8) is 0 Å². The Bertz CT molecular complexity index is 343. The van der Waals surface area contributed by atoms with Crippen molar-refractivity contribution in [2.75, 3.05) is 0 Å². The summed E-state index contributed by atoms with van der Waals surface area (Å²) < 4.78 is 0. The molecule has 0 fully saturated rings. The maximum atomic E-state index is 11.0. The Morgan fingerprint density at radius 3 is 2.69 bits per heavy atom. The highest BCUT2D eigenvalue weighted by Gasteiger charge is 2.14. The van der Waals surface area contributed by atoms with Crippen molar-refractivity contribution in [3.8, 4) is 5.75 Å². The molecule has 1 heterocycles. The highest BCUT2D eigenvalue weighted by Crippen LogP contribution is 2.23. The van der Waals surface area contributed by atoms with E-state index in [0.29, 0.717) is 0 Å². The number of pyridine rings is 1. The Hall–Kier alpha value is -2.18. The topological polar surface area (TPSA) is 116 Å². The number of rotatable bonds is 2. The smallest absolute Gasteiger partial charge is 0.356 e. The molecule has 0 radical (unpaired) electrons. The van der Waals surface area contributed by atoms with Crippen molar-refractivity contribution in [1.29, 1.82) is 0 Å². The average molecular weight is 183 g/mol. The lowest BCUT2D eigenvalue weighted by atomic mass is 10.2. The lowest BCUT2D eigenvalue weighted by molar-refractivity contribution is -0.403. The standard InChI is InChI=1S/C6H4N2O5/c9-4-3(6(10)11)1-2-7-5(4)8(12)13/h1-2,9H,(H,10,11)/p-1. The number of hydrogen-bond acceptors (Lipinski definition) is 5. The predicted molar refractivity (Wildman–Crippen MR) is 37.3 cm³/mol. The van der Waals surface area contributed by atoms with Crippen LogP contribution in [0, 0.1) is 10.1 Å². The molecule has 0 aliphatic rings. The SMILES string of the molecule is O=C(O)c1ccnc([N+](=O)[O-])c1[O-]. The molecule has 1 aromatic rings. The number of hydrogen-bond donors (Lipinski definition) is 1. The molecule has 13 heavy (non-hydrogen) atoms. The van der Waals surface area contributed by atoms with Crippen LogP contribution in [0.5, 0.6) is 5.75 Å². The van der Waals surface area contributed by atoms with Crippen molar-refractivity contribution in [1.82, 2.24) is 4.98 Å². The van der Waals surface area contributed by atoms with Gasteiger partial charge in [0.15, 0.2) is 0 Å². The van der Waals surface area contributed by atoms with Gasteiger partial charge in [-0.3, -0.25) is 0 Å². The lowest BCUT2D eigenvalue weighted by Crippen LogP contribution is -2.07. The minimum Gasteiger partial charge on any atom is -0.866 e. The van der Waals surface area contributed by atoms with E-state index in [2.05, 4.69) is 4.98 Å². The van der Waals surface area contributed by atoms with Crippen molar-refractivity contribution >= 4 is 11.8 Å². The van der Waals surface area contributed by atoms with Gasteiger partial charge in [0, 0.05) is 5.75 Å². The Balaban J connectivity index is 3.35. The van der Waals surface area contributed by atoms with Crippen LogP contribution >= 0.6 is 0 Å². The second-order valence-electron chi connectivity index (χ2n) is 2.07. The van der Waals surface area contributed by atoms with E-state index < -0.39 is 28.0 Å². The molecule has 0 unspecified atom stereocenters. The number of aromatic carboxylic acids is 1. The van der Waals surface area contributed by atoms with Crippen LogP contribution in [0.4, 0.5) is 5.82 Å². The van der Waals surface area contributed by atoms with E-state index in [1.807, 2.05) is 0 Å². The highest BCUT2D eigenvalue weighted by molar-refractivity contribution is 5.91. The fraction of sp³-hybridized carbons (Fsp3) is 0. The normalized spacial score (nSPS) is 9.54. The average Bonchev–Trinajstić information content (AvgIpc) is 2.03. The molecular formula is C6H3N2O5-. The van der Waals surface area contributed by atoms with Gasteiger partial charge in [0.05, 0.1) is 5.56 Å².